The van der Waals surface area contributed by atoms with Crippen LogP contribution in [-0.2, 0) is 4.79 Å². The standard InChI is InChI=1S/C19H14O4/c20-12-17-16-9-5-4-6-14(16)10-11-18(17)23-19(21)13-22-15-7-2-1-3-8-15/h1-12H,13H2. The first-order valence-corrected chi connectivity index (χ1v) is 7.13. The number of esters is 1. The van der Waals surface area contributed by atoms with E-state index >= 15 is 0 Å². The number of hydrogen-bond acceptors (Lipinski definition) is 4. The molecule has 0 aliphatic carbocycles. The molecule has 0 N–H and O–H groups in total. The van der Waals surface area contributed by atoms with E-state index in [-0.39, 0.29) is 12.4 Å². The van der Waals surface area contributed by atoms with Gasteiger partial charge in [0.2, 0.25) is 0 Å². The molecule has 3 rings (SSSR count). The highest BCUT2D eigenvalue weighted by molar-refractivity contribution is 6.01. The molecule has 0 spiro atoms. The number of carbonyl (C=O) groups is 2. The molecule has 4 nitrogen and oxygen atoms in total. The van der Waals surface area contributed by atoms with E-state index in [1.807, 2.05) is 48.5 Å². The molecule has 4 heteroatoms. The zero-order valence-electron chi connectivity index (χ0n) is 12.3. The molecule has 0 unspecified atom stereocenters. The van der Waals surface area contributed by atoms with Crippen molar-refractivity contribution in [3.63, 3.8) is 0 Å². The van der Waals surface area contributed by atoms with E-state index in [0.717, 1.165) is 10.8 Å². The average molecular weight is 306 g/mol. The van der Waals surface area contributed by atoms with E-state index in [1.165, 1.54) is 0 Å². The molecular formula is C19H14O4. The molecule has 3 aromatic carbocycles. The van der Waals surface area contributed by atoms with Crippen molar-refractivity contribution >= 4 is 23.0 Å². The van der Waals surface area contributed by atoms with Crippen LogP contribution in [-0.4, -0.2) is 18.9 Å². The Balaban J connectivity index is 1.75. The number of ether oxygens (including phenoxy) is 2. The summed E-state index contributed by atoms with van der Waals surface area (Å²) in [5.41, 5.74) is 0.358. The van der Waals surface area contributed by atoms with Gasteiger partial charge in [-0.15, -0.1) is 0 Å². The van der Waals surface area contributed by atoms with Crippen LogP contribution >= 0.6 is 0 Å². The summed E-state index contributed by atoms with van der Waals surface area (Å²) in [5, 5.41) is 1.66. The lowest BCUT2D eigenvalue weighted by Gasteiger charge is -2.10. The Morgan fingerprint density at radius 2 is 1.65 bits per heavy atom. The third-order valence-electron chi connectivity index (χ3n) is 3.37. The fourth-order valence-electron chi connectivity index (χ4n) is 2.30. The second-order valence-electron chi connectivity index (χ2n) is 4.89. The zero-order chi connectivity index (χ0) is 16.1. The molecule has 0 heterocycles. The van der Waals surface area contributed by atoms with Crippen molar-refractivity contribution in [3.05, 3.63) is 72.3 Å². The van der Waals surface area contributed by atoms with Gasteiger partial charge < -0.3 is 9.47 Å². The molecule has 3 aromatic rings. The fraction of sp³-hybridized carbons (Fsp3) is 0.0526. The number of fused-ring (bicyclic) bond motifs is 1. The number of rotatable bonds is 5. The van der Waals surface area contributed by atoms with Gasteiger partial charge in [-0.25, -0.2) is 4.79 Å². The summed E-state index contributed by atoms with van der Waals surface area (Å²) in [6, 6.07) is 19.8. The predicted octanol–water partition coefficient (Wildman–Crippen LogP) is 3.64. The Morgan fingerprint density at radius 3 is 2.43 bits per heavy atom. The molecule has 0 bridgehead atoms. The molecule has 0 fully saturated rings. The van der Waals surface area contributed by atoms with Gasteiger partial charge in [-0.3, -0.25) is 4.79 Å². The van der Waals surface area contributed by atoms with Gasteiger partial charge in [0.1, 0.15) is 11.5 Å². The molecule has 114 valence electrons. The summed E-state index contributed by atoms with van der Waals surface area (Å²) >= 11 is 0. The minimum absolute atomic E-state index is 0.227. The van der Waals surface area contributed by atoms with Crippen molar-refractivity contribution in [2.45, 2.75) is 0 Å². The predicted molar refractivity (Wildman–Crippen MR) is 86.9 cm³/mol. The Morgan fingerprint density at radius 1 is 0.913 bits per heavy atom. The summed E-state index contributed by atoms with van der Waals surface area (Å²) in [4.78, 5) is 23.3. The van der Waals surface area contributed by atoms with Crippen molar-refractivity contribution in [1.29, 1.82) is 0 Å². The van der Waals surface area contributed by atoms with E-state index in [1.54, 1.807) is 18.2 Å². The minimum atomic E-state index is -0.563. The molecule has 0 saturated carbocycles. The van der Waals surface area contributed by atoms with Crippen molar-refractivity contribution in [2.24, 2.45) is 0 Å². The Labute approximate surface area is 133 Å². The second-order valence-corrected chi connectivity index (χ2v) is 4.89. The van der Waals surface area contributed by atoms with Crippen molar-refractivity contribution in [1.82, 2.24) is 0 Å². The SMILES string of the molecule is O=Cc1c(OC(=O)COc2ccccc2)ccc2ccccc12. The molecule has 0 amide bonds. The summed E-state index contributed by atoms with van der Waals surface area (Å²) in [6.45, 7) is -0.227. The van der Waals surface area contributed by atoms with Gasteiger partial charge in [-0.2, -0.15) is 0 Å². The van der Waals surface area contributed by atoms with Crippen molar-refractivity contribution in [3.8, 4) is 11.5 Å². The highest BCUT2D eigenvalue weighted by Crippen LogP contribution is 2.26. The Kier molecular flexibility index (Phi) is 4.34. The van der Waals surface area contributed by atoms with Crippen LogP contribution < -0.4 is 9.47 Å². The van der Waals surface area contributed by atoms with Crippen LogP contribution in [0.15, 0.2) is 66.7 Å². The van der Waals surface area contributed by atoms with Gasteiger partial charge >= 0.3 is 5.97 Å². The molecule has 0 aliphatic heterocycles. The maximum atomic E-state index is 11.9. The van der Waals surface area contributed by atoms with Gasteiger partial charge in [0, 0.05) is 0 Å². The quantitative estimate of drug-likeness (QED) is 0.410. The van der Waals surface area contributed by atoms with Crippen LogP contribution in [0.4, 0.5) is 0 Å². The highest BCUT2D eigenvalue weighted by atomic mass is 16.6. The van der Waals surface area contributed by atoms with E-state index < -0.39 is 5.97 Å². The van der Waals surface area contributed by atoms with Gasteiger partial charge in [-0.1, -0.05) is 48.5 Å². The van der Waals surface area contributed by atoms with Crippen LogP contribution in [0.1, 0.15) is 10.4 Å². The first-order valence-electron chi connectivity index (χ1n) is 7.13. The van der Waals surface area contributed by atoms with Crippen LogP contribution in [0, 0.1) is 0 Å². The minimum Gasteiger partial charge on any atom is -0.482 e. The zero-order valence-corrected chi connectivity index (χ0v) is 12.3. The summed E-state index contributed by atoms with van der Waals surface area (Å²) in [6.07, 6.45) is 0.697. The molecule has 0 atom stereocenters. The maximum Gasteiger partial charge on any atom is 0.349 e. The Bertz CT molecular complexity index is 840. The summed E-state index contributed by atoms with van der Waals surface area (Å²) in [7, 11) is 0. The molecule has 23 heavy (non-hydrogen) atoms. The smallest absolute Gasteiger partial charge is 0.349 e. The second kappa shape index (κ2) is 6.75. The molecular weight excluding hydrogens is 292 g/mol. The van der Waals surface area contributed by atoms with E-state index in [2.05, 4.69) is 0 Å². The van der Waals surface area contributed by atoms with Crippen molar-refractivity contribution in [2.75, 3.05) is 6.61 Å². The van der Waals surface area contributed by atoms with Gasteiger partial charge in [0.05, 0.1) is 5.56 Å². The van der Waals surface area contributed by atoms with Crippen LogP contribution in [0.2, 0.25) is 0 Å². The normalized spacial score (nSPS) is 10.3. The topological polar surface area (TPSA) is 52.6 Å². The third-order valence-corrected chi connectivity index (χ3v) is 3.37. The molecule has 0 saturated heterocycles. The lowest BCUT2D eigenvalue weighted by Crippen LogP contribution is -2.18. The Hall–Kier alpha value is -3.14. The van der Waals surface area contributed by atoms with E-state index in [0.29, 0.717) is 17.6 Å². The lowest BCUT2D eigenvalue weighted by molar-refractivity contribution is -0.136. The van der Waals surface area contributed by atoms with Crippen molar-refractivity contribution < 1.29 is 19.1 Å². The monoisotopic (exact) mass is 306 g/mol. The molecule has 0 aromatic heterocycles. The van der Waals surface area contributed by atoms with E-state index in [4.69, 9.17) is 9.47 Å². The van der Waals surface area contributed by atoms with Crippen LogP contribution in [0.3, 0.4) is 0 Å². The summed E-state index contributed by atoms with van der Waals surface area (Å²) in [5.74, 6) is 0.256. The fourth-order valence-corrected chi connectivity index (χ4v) is 2.30. The first-order chi connectivity index (χ1) is 11.3. The van der Waals surface area contributed by atoms with E-state index in [9.17, 15) is 9.59 Å². The van der Waals surface area contributed by atoms with Crippen LogP contribution in [0.5, 0.6) is 11.5 Å². The number of benzene rings is 3. The van der Waals surface area contributed by atoms with Gasteiger partial charge in [-0.05, 0) is 29.0 Å². The maximum absolute atomic E-state index is 11.9. The van der Waals surface area contributed by atoms with Gasteiger partial charge in [0.25, 0.3) is 0 Å². The number of aldehydes is 1. The first kappa shape index (κ1) is 14.8. The number of carbonyl (C=O) groups excluding carboxylic acids is 2. The highest BCUT2D eigenvalue weighted by Gasteiger charge is 2.12. The molecule has 0 aliphatic rings. The largest absolute Gasteiger partial charge is 0.482 e. The lowest BCUT2D eigenvalue weighted by atomic mass is 10.0. The number of hydrogen-bond donors (Lipinski definition) is 0. The average Bonchev–Trinajstić information content (AvgIpc) is 2.60. The molecule has 0 radical (unpaired) electrons. The number of para-hydroxylation sites is 1. The third kappa shape index (κ3) is 3.37. The van der Waals surface area contributed by atoms with Crippen LogP contribution in [0.25, 0.3) is 10.8 Å². The summed E-state index contributed by atoms with van der Waals surface area (Å²) < 4.78 is 10.6. The van der Waals surface area contributed by atoms with Gasteiger partial charge in [0.15, 0.2) is 12.9 Å².